The van der Waals surface area contributed by atoms with Crippen LogP contribution in [-0.4, -0.2) is 25.5 Å². The molecule has 1 saturated heterocycles. The van der Waals surface area contributed by atoms with Crippen LogP contribution in [0, 0.1) is 19.8 Å². The summed E-state index contributed by atoms with van der Waals surface area (Å²) in [5.74, 6) is -0.0605. The number of carbonyl (C=O) groups excluding carboxylic acids is 2. The maximum atomic E-state index is 12.6. The van der Waals surface area contributed by atoms with Crippen LogP contribution in [0.25, 0.3) is 0 Å². The molecule has 6 nitrogen and oxygen atoms in total. The van der Waals surface area contributed by atoms with Gasteiger partial charge in [0.25, 0.3) is 0 Å². The van der Waals surface area contributed by atoms with E-state index < -0.39 is 5.92 Å². The molecule has 0 saturated carbocycles. The Morgan fingerprint density at radius 1 is 1.27 bits per heavy atom. The van der Waals surface area contributed by atoms with Gasteiger partial charge in [-0.05, 0) is 49.2 Å². The van der Waals surface area contributed by atoms with Crippen LogP contribution in [0.15, 0.2) is 36.4 Å². The number of nitrogen functional groups attached to an aromatic ring is 1. The number of carbonyl (C=O) groups is 2. The molecule has 1 fully saturated rings. The number of hydrogen-bond acceptors (Lipinski definition) is 4. The molecule has 1 atom stereocenters. The molecule has 0 aromatic heterocycles. The fraction of sp³-hybridized carbons (Fsp3) is 0.300. The first-order valence-electron chi connectivity index (χ1n) is 8.51. The second-order valence-corrected chi connectivity index (χ2v) is 6.57. The van der Waals surface area contributed by atoms with Gasteiger partial charge in [-0.1, -0.05) is 12.1 Å². The molecule has 136 valence electrons. The van der Waals surface area contributed by atoms with Crippen molar-refractivity contribution in [2.45, 2.75) is 20.3 Å². The zero-order valence-corrected chi connectivity index (χ0v) is 15.2. The van der Waals surface area contributed by atoms with E-state index in [4.69, 9.17) is 10.5 Å². The number of aryl methyl sites for hydroxylation is 1. The zero-order valence-electron chi connectivity index (χ0n) is 15.2. The third-order valence-electron chi connectivity index (χ3n) is 4.86. The van der Waals surface area contributed by atoms with E-state index in [1.54, 1.807) is 23.1 Å². The van der Waals surface area contributed by atoms with E-state index in [0.717, 1.165) is 16.8 Å². The van der Waals surface area contributed by atoms with E-state index in [-0.39, 0.29) is 18.2 Å². The smallest absolute Gasteiger partial charge is 0.229 e. The van der Waals surface area contributed by atoms with Gasteiger partial charge in [0.15, 0.2) is 0 Å². The van der Waals surface area contributed by atoms with Gasteiger partial charge in [-0.25, -0.2) is 0 Å². The molecule has 1 aliphatic rings. The van der Waals surface area contributed by atoms with Crippen molar-refractivity contribution in [1.82, 2.24) is 0 Å². The minimum Gasteiger partial charge on any atom is -0.495 e. The first-order chi connectivity index (χ1) is 12.4. The van der Waals surface area contributed by atoms with Crippen LogP contribution in [0.5, 0.6) is 5.75 Å². The number of nitrogens with two attached hydrogens (primary N) is 1. The summed E-state index contributed by atoms with van der Waals surface area (Å²) in [6.45, 7) is 4.38. The molecule has 2 aromatic carbocycles. The molecule has 1 aliphatic heterocycles. The van der Waals surface area contributed by atoms with E-state index in [2.05, 4.69) is 5.32 Å². The highest BCUT2D eigenvalue weighted by Gasteiger charge is 2.35. The number of rotatable bonds is 4. The lowest BCUT2D eigenvalue weighted by Crippen LogP contribution is -2.28. The summed E-state index contributed by atoms with van der Waals surface area (Å²) in [7, 11) is 1.54. The van der Waals surface area contributed by atoms with E-state index in [1.165, 1.54) is 7.11 Å². The Bertz CT molecular complexity index is 863. The Labute approximate surface area is 152 Å². The van der Waals surface area contributed by atoms with Crippen LogP contribution >= 0.6 is 0 Å². The molecule has 0 spiro atoms. The maximum Gasteiger partial charge on any atom is 0.229 e. The third-order valence-corrected chi connectivity index (χ3v) is 4.86. The van der Waals surface area contributed by atoms with Gasteiger partial charge in [0.05, 0.1) is 18.7 Å². The SMILES string of the molecule is COc1ccc(NC(=O)C2CC(=O)N(c3cccc(C)c3C)C2)cc1N. The lowest BCUT2D eigenvalue weighted by Gasteiger charge is -2.20. The number of methoxy groups -OCH3 is 1. The molecule has 0 bridgehead atoms. The average Bonchev–Trinajstić information content (AvgIpc) is 2.99. The van der Waals surface area contributed by atoms with Gasteiger partial charge in [-0.2, -0.15) is 0 Å². The Kier molecular flexibility index (Phi) is 4.84. The summed E-state index contributed by atoms with van der Waals surface area (Å²) in [6, 6.07) is 10.9. The first kappa shape index (κ1) is 17.8. The Hall–Kier alpha value is -3.02. The number of nitrogens with zero attached hydrogens (tertiary/aromatic N) is 1. The van der Waals surface area contributed by atoms with Crippen LogP contribution < -0.4 is 20.7 Å². The summed E-state index contributed by atoms with van der Waals surface area (Å²) in [4.78, 5) is 26.7. The standard InChI is InChI=1S/C20H23N3O3/c1-12-5-4-6-17(13(12)2)23-11-14(9-19(23)24)20(25)22-15-7-8-18(26-3)16(21)10-15/h4-8,10,14H,9,11,21H2,1-3H3,(H,22,25). The average molecular weight is 353 g/mol. The van der Waals surface area contributed by atoms with Crippen molar-refractivity contribution in [2.24, 2.45) is 5.92 Å². The molecule has 0 radical (unpaired) electrons. The van der Waals surface area contributed by atoms with Crippen molar-refractivity contribution in [3.8, 4) is 5.75 Å². The van der Waals surface area contributed by atoms with Gasteiger partial charge >= 0.3 is 0 Å². The second-order valence-electron chi connectivity index (χ2n) is 6.57. The molecule has 3 N–H and O–H groups in total. The van der Waals surface area contributed by atoms with E-state index in [9.17, 15) is 9.59 Å². The van der Waals surface area contributed by atoms with Gasteiger partial charge in [0.1, 0.15) is 5.75 Å². The summed E-state index contributed by atoms with van der Waals surface area (Å²) in [6.07, 6.45) is 0.199. The first-order valence-corrected chi connectivity index (χ1v) is 8.51. The van der Waals surface area contributed by atoms with Crippen LogP contribution in [0.3, 0.4) is 0 Å². The number of ether oxygens (including phenoxy) is 1. The number of hydrogen-bond donors (Lipinski definition) is 2. The van der Waals surface area contributed by atoms with Crippen LogP contribution in [0.2, 0.25) is 0 Å². The third kappa shape index (κ3) is 3.35. The van der Waals surface area contributed by atoms with Crippen molar-refractivity contribution in [3.63, 3.8) is 0 Å². The Morgan fingerprint density at radius 2 is 2.04 bits per heavy atom. The monoisotopic (exact) mass is 353 g/mol. The van der Waals surface area contributed by atoms with E-state index in [0.29, 0.717) is 23.7 Å². The van der Waals surface area contributed by atoms with Crippen LogP contribution in [0.1, 0.15) is 17.5 Å². The van der Waals surface area contributed by atoms with Gasteiger partial charge in [0.2, 0.25) is 11.8 Å². The molecule has 1 heterocycles. The maximum absolute atomic E-state index is 12.6. The lowest BCUT2D eigenvalue weighted by atomic mass is 10.1. The van der Waals surface area contributed by atoms with Crippen molar-refractivity contribution < 1.29 is 14.3 Å². The molecule has 3 rings (SSSR count). The number of anilines is 3. The minimum absolute atomic E-state index is 0.0342. The highest BCUT2D eigenvalue weighted by atomic mass is 16.5. The molecule has 2 amide bonds. The number of benzene rings is 2. The van der Waals surface area contributed by atoms with Gasteiger partial charge < -0.3 is 20.7 Å². The van der Waals surface area contributed by atoms with E-state index >= 15 is 0 Å². The summed E-state index contributed by atoms with van der Waals surface area (Å²) >= 11 is 0. The number of amides is 2. The molecular weight excluding hydrogens is 330 g/mol. The largest absolute Gasteiger partial charge is 0.495 e. The Morgan fingerprint density at radius 3 is 2.73 bits per heavy atom. The van der Waals surface area contributed by atoms with Crippen molar-refractivity contribution >= 4 is 28.9 Å². The predicted molar refractivity (Wildman–Crippen MR) is 102 cm³/mol. The second kappa shape index (κ2) is 7.07. The van der Waals surface area contributed by atoms with Crippen LogP contribution in [-0.2, 0) is 9.59 Å². The normalized spacial score (nSPS) is 16.7. The Balaban J connectivity index is 1.73. The van der Waals surface area contributed by atoms with Gasteiger partial charge in [-0.3, -0.25) is 9.59 Å². The summed E-state index contributed by atoms with van der Waals surface area (Å²) in [5, 5.41) is 2.84. The fourth-order valence-corrected chi connectivity index (χ4v) is 3.20. The highest BCUT2D eigenvalue weighted by Crippen LogP contribution is 2.30. The topological polar surface area (TPSA) is 84.7 Å². The van der Waals surface area contributed by atoms with Crippen molar-refractivity contribution in [1.29, 1.82) is 0 Å². The number of nitrogens with one attached hydrogen (secondary N) is 1. The molecular formula is C20H23N3O3. The predicted octanol–water partition coefficient (Wildman–Crippen LogP) is 2.89. The summed E-state index contributed by atoms with van der Waals surface area (Å²) in [5.41, 5.74) is 9.97. The summed E-state index contributed by atoms with van der Waals surface area (Å²) < 4.78 is 5.11. The van der Waals surface area contributed by atoms with Gasteiger partial charge in [-0.15, -0.1) is 0 Å². The van der Waals surface area contributed by atoms with Gasteiger partial charge in [0, 0.05) is 24.3 Å². The molecule has 26 heavy (non-hydrogen) atoms. The van der Waals surface area contributed by atoms with Crippen molar-refractivity contribution in [3.05, 3.63) is 47.5 Å². The highest BCUT2D eigenvalue weighted by molar-refractivity contribution is 6.04. The minimum atomic E-state index is -0.397. The quantitative estimate of drug-likeness (QED) is 0.828. The van der Waals surface area contributed by atoms with Crippen molar-refractivity contribution in [2.75, 3.05) is 29.6 Å². The molecule has 0 aliphatic carbocycles. The molecule has 6 heteroatoms. The molecule has 1 unspecified atom stereocenters. The van der Waals surface area contributed by atoms with E-state index in [1.807, 2.05) is 32.0 Å². The zero-order chi connectivity index (χ0) is 18.8. The fourth-order valence-electron chi connectivity index (χ4n) is 3.20. The van der Waals surface area contributed by atoms with Crippen LogP contribution in [0.4, 0.5) is 17.1 Å². The molecule has 2 aromatic rings. The lowest BCUT2D eigenvalue weighted by molar-refractivity contribution is -0.122.